The maximum absolute atomic E-state index is 14.4. The van der Waals surface area contributed by atoms with Gasteiger partial charge >= 0.3 is 0 Å². The Morgan fingerprint density at radius 1 is 0.952 bits per heavy atom. The molecule has 0 radical (unpaired) electrons. The number of nitrogens with zero attached hydrogens (tertiary/aromatic N) is 5. The predicted octanol–water partition coefficient (Wildman–Crippen LogP) is 5.63. The molecule has 0 saturated heterocycles. The molecule has 2 fully saturated rings. The van der Waals surface area contributed by atoms with Gasteiger partial charge in [0.05, 0.1) is 34.1 Å². The average Bonchev–Trinajstić information content (AvgIpc) is 3.75. The zero-order valence-corrected chi connectivity index (χ0v) is 23.2. The Balaban J connectivity index is 1.30. The van der Waals surface area contributed by atoms with Crippen LogP contribution in [0.15, 0.2) is 77.6 Å². The first-order chi connectivity index (χ1) is 20.3. The van der Waals surface area contributed by atoms with Crippen molar-refractivity contribution in [3.8, 4) is 5.69 Å². The molecule has 1 aromatic carbocycles. The molecule has 0 bridgehead atoms. The third-order valence-corrected chi connectivity index (χ3v) is 10.1. The summed E-state index contributed by atoms with van der Waals surface area (Å²) in [5, 5.41) is 4.53. The third-order valence-electron chi connectivity index (χ3n) is 8.45. The predicted molar refractivity (Wildman–Crippen MR) is 149 cm³/mol. The van der Waals surface area contributed by atoms with Crippen LogP contribution in [0.5, 0.6) is 0 Å². The van der Waals surface area contributed by atoms with Crippen LogP contribution in [-0.2, 0) is 17.4 Å². The van der Waals surface area contributed by atoms with E-state index in [0.29, 0.717) is 36.3 Å². The van der Waals surface area contributed by atoms with Gasteiger partial charge in [-0.15, -0.1) is 0 Å². The molecule has 214 valence electrons. The molecule has 0 N–H and O–H groups in total. The lowest BCUT2D eigenvalue weighted by Crippen LogP contribution is -2.50. The van der Waals surface area contributed by atoms with Gasteiger partial charge in [-0.05, 0) is 92.6 Å². The van der Waals surface area contributed by atoms with Gasteiger partial charge in [-0.2, -0.15) is 9.49 Å². The molecule has 3 aromatic heterocycles. The highest BCUT2D eigenvalue weighted by Crippen LogP contribution is 2.52. The number of pyridine rings is 2. The molecule has 42 heavy (non-hydrogen) atoms. The number of halogens is 3. The van der Waals surface area contributed by atoms with Crippen molar-refractivity contribution in [2.45, 2.75) is 55.5 Å². The Labute approximate surface area is 242 Å². The average molecular weight is 590 g/mol. The Hall–Kier alpha value is -3.96. The first-order valence-electron chi connectivity index (χ1n) is 13.8. The Kier molecular flexibility index (Phi) is 6.66. The lowest BCUT2D eigenvalue weighted by molar-refractivity contribution is 0.0736. The summed E-state index contributed by atoms with van der Waals surface area (Å²) in [4.78, 5) is 22.9. The summed E-state index contributed by atoms with van der Waals surface area (Å²) in [6, 6.07) is 10.8. The number of benzene rings is 1. The minimum Gasteiger partial charge on any atom is -0.291 e. The summed E-state index contributed by atoms with van der Waals surface area (Å²) < 4.78 is 58.9. The largest absolute Gasteiger partial charge is 0.291 e. The van der Waals surface area contributed by atoms with Crippen LogP contribution < -0.4 is 0 Å². The second kappa shape index (κ2) is 10.4. The molecular weight excluding hydrogens is 563 g/mol. The number of carbonyl (C=O) groups is 1. The lowest BCUT2D eigenvalue weighted by Gasteiger charge is -2.46. The Bertz CT molecular complexity index is 1740. The molecule has 0 aliphatic heterocycles. The van der Waals surface area contributed by atoms with Crippen molar-refractivity contribution in [1.82, 2.24) is 24.1 Å². The van der Waals surface area contributed by atoms with Crippen LogP contribution in [0, 0.1) is 23.0 Å². The zero-order chi connectivity index (χ0) is 29.0. The van der Waals surface area contributed by atoms with Gasteiger partial charge in [-0.3, -0.25) is 9.78 Å². The SMILES string of the molecule is O=C(c1cc(F)ccn1)C12Cc3cnn(-c4ccc(F)nc4)c3C=C1CCC(N(C1CC1)S(=O)c1ccc(F)cc1)C2. The third kappa shape index (κ3) is 4.70. The van der Waals surface area contributed by atoms with E-state index in [9.17, 15) is 22.2 Å². The van der Waals surface area contributed by atoms with Crippen molar-refractivity contribution in [3.63, 3.8) is 0 Å². The van der Waals surface area contributed by atoms with E-state index in [1.807, 2.05) is 10.4 Å². The van der Waals surface area contributed by atoms with Crippen molar-refractivity contribution in [1.29, 1.82) is 0 Å². The molecule has 7 nitrogen and oxygen atoms in total. The maximum atomic E-state index is 14.4. The van der Waals surface area contributed by atoms with Crippen LogP contribution in [0.2, 0.25) is 0 Å². The first-order valence-corrected chi connectivity index (χ1v) is 14.9. The van der Waals surface area contributed by atoms with Crippen LogP contribution in [0.4, 0.5) is 13.2 Å². The van der Waals surface area contributed by atoms with Gasteiger partial charge in [0.15, 0.2) is 5.78 Å². The monoisotopic (exact) mass is 589 g/mol. The van der Waals surface area contributed by atoms with Gasteiger partial charge in [0.25, 0.3) is 0 Å². The van der Waals surface area contributed by atoms with E-state index in [0.717, 1.165) is 35.7 Å². The van der Waals surface area contributed by atoms with Gasteiger partial charge < -0.3 is 0 Å². The fourth-order valence-electron chi connectivity index (χ4n) is 6.34. The zero-order valence-electron chi connectivity index (χ0n) is 22.4. The van der Waals surface area contributed by atoms with Gasteiger partial charge in [0, 0.05) is 24.3 Å². The molecule has 3 atom stereocenters. The maximum Gasteiger partial charge on any atom is 0.212 e. The molecule has 0 spiro atoms. The van der Waals surface area contributed by atoms with Crippen molar-refractivity contribution in [2.24, 2.45) is 5.41 Å². The molecule has 2 saturated carbocycles. The van der Waals surface area contributed by atoms with E-state index in [1.54, 1.807) is 16.9 Å². The second-order valence-electron chi connectivity index (χ2n) is 11.1. The Morgan fingerprint density at radius 3 is 2.48 bits per heavy atom. The van der Waals surface area contributed by atoms with Crippen LogP contribution in [0.25, 0.3) is 11.8 Å². The summed E-state index contributed by atoms with van der Waals surface area (Å²) in [7, 11) is -1.55. The molecular formula is C31H26F3N5O2S. The van der Waals surface area contributed by atoms with E-state index in [2.05, 4.69) is 15.1 Å². The molecule has 11 heteroatoms. The smallest absolute Gasteiger partial charge is 0.212 e. The highest BCUT2D eigenvalue weighted by molar-refractivity contribution is 7.82. The quantitative estimate of drug-likeness (QED) is 0.206. The van der Waals surface area contributed by atoms with Crippen molar-refractivity contribution in [3.05, 3.63) is 107 Å². The van der Waals surface area contributed by atoms with Gasteiger partial charge in [0.1, 0.15) is 28.3 Å². The lowest BCUT2D eigenvalue weighted by atomic mass is 9.60. The van der Waals surface area contributed by atoms with Crippen LogP contribution in [-0.4, -0.2) is 46.1 Å². The normalized spacial score (nSPS) is 22.3. The van der Waals surface area contributed by atoms with Gasteiger partial charge in [-0.1, -0.05) is 5.57 Å². The molecule has 3 aliphatic rings. The van der Waals surface area contributed by atoms with E-state index in [-0.39, 0.29) is 23.6 Å². The molecule has 0 amide bonds. The number of ketones is 1. The fraction of sp³-hybridized carbons (Fsp3) is 0.290. The van der Waals surface area contributed by atoms with E-state index < -0.39 is 34.0 Å². The summed E-state index contributed by atoms with van der Waals surface area (Å²) in [6.45, 7) is 0. The van der Waals surface area contributed by atoms with Crippen LogP contribution in [0.1, 0.15) is 53.8 Å². The van der Waals surface area contributed by atoms with Crippen molar-refractivity contribution >= 4 is 22.8 Å². The van der Waals surface area contributed by atoms with Crippen LogP contribution >= 0.6 is 0 Å². The summed E-state index contributed by atoms with van der Waals surface area (Å²) >= 11 is 0. The van der Waals surface area contributed by atoms with Gasteiger partial charge in [0.2, 0.25) is 5.95 Å². The summed E-state index contributed by atoms with van der Waals surface area (Å²) in [5.41, 5.74) is 2.04. The fourth-order valence-corrected chi connectivity index (χ4v) is 7.89. The van der Waals surface area contributed by atoms with E-state index in [4.69, 9.17) is 0 Å². The number of carbonyl (C=O) groups excluding carboxylic acids is 1. The number of aromatic nitrogens is 4. The van der Waals surface area contributed by atoms with Crippen molar-refractivity contribution in [2.75, 3.05) is 0 Å². The van der Waals surface area contributed by atoms with E-state index >= 15 is 0 Å². The number of hydrogen-bond acceptors (Lipinski definition) is 5. The van der Waals surface area contributed by atoms with Crippen molar-refractivity contribution < 1.29 is 22.2 Å². The molecule has 3 unspecified atom stereocenters. The standard InChI is InChI=1S/C31H26F3N5O2S/c32-21-2-8-26(9-3-21)42(41)39(23-5-6-23)24-4-1-20-13-28-19(17-37-38(28)25-7-10-29(34)36-18-25)15-31(20,16-24)30(40)27-14-22(33)11-12-35-27/h2-3,7-14,17-18,23-24H,1,4-6,15-16H2. The number of fused-ring (bicyclic) bond motifs is 2. The molecule has 3 heterocycles. The number of allylic oxidation sites excluding steroid dienone is 1. The van der Waals surface area contributed by atoms with E-state index in [1.165, 1.54) is 48.8 Å². The topological polar surface area (TPSA) is 81.0 Å². The molecule has 7 rings (SSSR count). The second-order valence-corrected chi connectivity index (χ2v) is 12.5. The molecule has 4 aromatic rings. The number of rotatable bonds is 7. The highest BCUT2D eigenvalue weighted by Gasteiger charge is 2.52. The van der Waals surface area contributed by atoms with Crippen LogP contribution in [0.3, 0.4) is 0 Å². The molecule has 3 aliphatic carbocycles. The number of hydrogen-bond donors (Lipinski definition) is 0. The Morgan fingerprint density at radius 2 is 1.76 bits per heavy atom. The summed E-state index contributed by atoms with van der Waals surface area (Å²) in [5.74, 6) is -1.83. The first kappa shape index (κ1) is 26.9. The number of Topliss-reactive ketones (excluding diaryl/α,β-unsaturated/α-hetero) is 1. The van der Waals surface area contributed by atoms with Gasteiger partial charge in [-0.25, -0.2) is 27.0 Å². The highest BCUT2D eigenvalue weighted by atomic mass is 32.2. The minimum atomic E-state index is -1.55. The minimum absolute atomic E-state index is 0.0396. The summed E-state index contributed by atoms with van der Waals surface area (Å²) in [6.07, 6.45) is 9.99.